The number of imide groups is 1. The average Bonchev–Trinajstić information content (AvgIpc) is 3.27. The lowest BCUT2D eigenvalue weighted by molar-refractivity contribution is -0.385. The summed E-state index contributed by atoms with van der Waals surface area (Å²) in [5, 5.41) is 10.6. The molecule has 1 aliphatic heterocycles. The number of carbonyl (C=O) groups excluding carboxylic acids is 2. The third-order valence-corrected chi connectivity index (χ3v) is 5.26. The van der Waals surface area contributed by atoms with Crippen LogP contribution in [0, 0.1) is 17.0 Å². The molecular formula is C21H14N2O5S. The summed E-state index contributed by atoms with van der Waals surface area (Å²) in [5.74, 6) is 0.515. The van der Waals surface area contributed by atoms with Crippen LogP contribution in [0.3, 0.4) is 0 Å². The zero-order valence-corrected chi connectivity index (χ0v) is 16.0. The fourth-order valence-corrected chi connectivity index (χ4v) is 3.82. The Morgan fingerprint density at radius 3 is 2.52 bits per heavy atom. The maximum atomic E-state index is 12.7. The minimum absolute atomic E-state index is 0.0371. The summed E-state index contributed by atoms with van der Waals surface area (Å²) in [6.45, 7) is 1.66. The van der Waals surface area contributed by atoms with E-state index in [1.54, 1.807) is 55.5 Å². The molecule has 0 unspecified atom stereocenters. The van der Waals surface area contributed by atoms with Crippen molar-refractivity contribution in [2.24, 2.45) is 0 Å². The first-order chi connectivity index (χ1) is 13.9. The smallest absolute Gasteiger partial charge is 0.298 e. The molecule has 2 heterocycles. The van der Waals surface area contributed by atoms with Crippen LogP contribution in [-0.2, 0) is 4.79 Å². The number of aryl methyl sites for hydroxylation is 1. The number of furan rings is 1. The highest BCUT2D eigenvalue weighted by molar-refractivity contribution is 8.19. The van der Waals surface area contributed by atoms with Gasteiger partial charge < -0.3 is 4.42 Å². The number of hydrogen-bond donors (Lipinski definition) is 0. The van der Waals surface area contributed by atoms with E-state index in [1.807, 2.05) is 6.07 Å². The van der Waals surface area contributed by atoms with E-state index >= 15 is 0 Å². The molecule has 0 atom stereocenters. The van der Waals surface area contributed by atoms with Crippen molar-refractivity contribution in [3.05, 3.63) is 87.0 Å². The van der Waals surface area contributed by atoms with Gasteiger partial charge in [0.05, 0.1) is 15.5 Å². The Balaban J connectivity index is 1.60. The minimum atomic E-state index is -0.435. The number of nitro benzene ring substituents is 1. The van der Waals surface area contributed by atoms with E-state index in [-0.39, 0.29) is 15.8 Å². The second kappa shape index (κ2) is 7.40. The molecule has 1 aliphatic rings. The molecule has 8 heteroatoms. The molecule has 144 valence electrons. The Hall–Kier alpha value is -3.65. The van der Waals surface area contributed by atoms with Crippen LogP contribution in [0.15, 0.2) is 70.0 Å². The van der Waals surface area contributed by atoms with Gasteiger partial charge in [-0.1, -0.05) is 18.2 Å². The van der Waals surface area contributed by atoms with Crippen molar-refractivity contribution >= 4 is 40.4 Å². The Morgan fingerprint density at radius 1 is 1.07 bits per heavy atom. The van der Waals surface area contributed by atoms with Crippen LogP contribution in [0.2, 0.25) is 0 Å². The van der Waals surface area contributed by atoms with Crippen LogP contribution < -0.4 is 4.90 Å². The van der Waals surface area contributed by atoms with Crippen molar-refractivity contribution in [3.8, 4) is 11.3 Å². The molecule has 0 spiro atoms. The van der Waals surface area contributed by atoms with Gasteiger partial charge in [0, 0.05) is 23.3 Å². The topological polar surface area (TPSA) is 93.7 Å². The van der Waals surface area contributed by atoms with E-state index < -0.39 is 10.8 Å². The number of thioether (sulfide) groups is 1. The summed E-state index contributed by atoms with van der Waals surface area (Å²) in [7, 11) is 0. The van der Waals surface area contributed by atoms with Gasteiger partial charge in [-0.05, 0) is 55.1 Å². The highest BCUT2D eigenvalue weighted by atomic mass is 32.2. The molecule has 0 radical (unpaired) electrons. The van der Waals surface area contributed by atoms with Crippen LogP contribution in [-0.4, -0.2) is 16.1 Å². The number of nitrogens with zero attached hydrogens (tertiary/aromatic N) is 2. The molecule has 0 N–H and O–H groups in total. The average molecular weight is 406 g/mol. The van der Waals surface area contributed by atoms with Crippen LogP contribution in [0.4, 0.5) is 16.2 Å². The van der Waals surface area contributed by atoms with E-state index in [1.165, 1.54) is 12.1 Å². The maximum absolute atomic E-state index is 12.7. The van der Waals surface area contributed by atoms with Crippen molar-refractivity contribution in [1.29, 1.82) is 0 Å². The molecule has 2 aromatic carbocycles. The van der Waals surface area contributed by atoms with Gasteiger partial charge in [0.2, 0.25) is 0 Å². The molecule has 0 aliphatic carbocycles. The summed E-state index contributed by atoms with van der Waals surface area (Å²) in [5.41, 5.74) is 1.76. The zero-order valence-electron chi connectivity index (χ0n) is 15.2. The molecule has 7 nitrogen and oxygen atoms in total. The molecule has 1 saturated heterocycles. The minimum Gasteiger partial charge on any atom is -0.457 e. The van der Waals surface area contributed by atoms with Crippen molar-refractivity contribution in [3.63, 3.8) is 0 Å². The quantitative estimate of drug-likeness (QED) is 0.327. The highest BCUT2D eigenvalue weighted by Gasteiger charge is 2.36. The number of amides is 2. The molecule has 3 aromatic rings. The predicted octanol–water partition coefficient (Wildman–Crippen LogP) is 5.40. The van der Waals surface area contributed by atoms with E-state index in [2.05, 4.69) is 0 Å². The van der Waals surface area contributed by atoms with Crippen molar-refractivity contribution < 1.29 is 18.9 Å². The molecule has 1 fully saturated rings. The molecule has 4 rings (SSSR count). The number of anilines is 1. The third-order valence-electron chi connectivity index (χ3n) is 4.39. The summed E-state index contributed by atoms with van der Waals surface area (Å²) in [6.07, 6.45) is 1.52. The van der Waals surface area contributed by atoms with Crippen molar-refractivity contribution in [1.82, 2.24) is 0 Å². The SMILES string of the molecule is Cc1cc(-c2ccc(/C=C3/SC(=O)N(c4ccccc4)C3=O)o2)ccc1[N+](=O)[O-]. The third kappa shape index (κ3) is 3.57. The standard InChI is InChI=1S/C21H14N2O5S/c1-13-11-14(7-9-17(13)23(26)27)18-10-8-16(28-18)12-19-20(24)22(21(25)29-19)15-5-3-2-4-6-15/h2-12H,1H3/b19-12+. The zero-order chi connectivity index (χ0) is 20.5. The summed E-state index contributed by atoms with van der Waals surface area (Å²) in [6, 6.07) is 16.8. The van der Waals surface area contributed by atoms with Gasteiger partial charge in [-0.2, -0.15) is 0 Å². The van der Waals surface area contributed by atoms with Gasteiger partial charge in [-0.25, -0.2) is 4.90 Å². The predicted molar refractivity (Wildman–Crippen MR) is 110 cm³/mol. The normalized spacial score (nSPS) is 15.3. The maximum Gasteiger partial charge on any atom is 0.298 e. The Kier molecular flexibility index (Phi) is 4.77. The molecular weight excluding hydrogens is 392 g/mol. The Bertz CT molecular complexity index is 1170. The van der Waals surface area contributed by atoms with E-state index in [9.17, 15) is 19.7 Å². The fraction of sp³-hybridized carbons (Fsp3) is 0.0476. The first kappa shape index (κ1) is 18.7. The Labute approximate surface area is 169 Å². The second-order valence-electron chi connectivity index (χ2n) is 6.31. The second-order valence-corrected chi connectivity index (χ2v) is 7.31. The van der Waals surface area contributed by atoms with E-state index in [4.69, 9.17) is 4.42 Å². The van der Waals surface area contributed by atoms with Crippen LogP contribution in [0.1, 0.15) is 11.3 Å². The van der Waals surface area contributed by atoms with Crippen LogP contribution >= 0.6 is 11.8 Å². The first-order valence-corrected chi connectivity index (χ1v) is 9.44. The lowest BCUT2D eigenvalue weighted by Gasteiger charge is -2.11. The fourth-order valence-electron chi connectivity index (χ4n) is 3.00. The molecule has 29 heavy (non-hydrogen) atoms. The Morgan fingerprint density at radius 2 is 1.83 bits per heavy atom. The molecule has 1 aromatic heterocycles. The highest BCUT2D eigenvalue weighted by Crippen LogP contribution is 2.36. The van der Waals surface area contributed by atoms with Crippen molar-refractivity contribution in [2.45, 2.75) is 6.92 Å². The lowest BCUT2D eigenvalue weighted by atomic mass is 10.1. The number of benzene rings is 2. The largest absolute Gasteiger partial charge is 0.457 e. The number of rotatable bonds is 4. The molecule has 0 bridgehead atoms. The van der Waals surface area contributed by atoms with Crippen LogP contribution in [0.5, 0.6) is 0 Å². The van der Waals surface area contributed by atoms with Crippen molar-refractivity contribution in [2.75, 3.05) is 4.90 Å². The van der Waals surface area contributed by atoms with Crippen LogP contribution in [0.25, 0.3) is 17.4 Å². The number of hydrogen-bond acceptors (Lipinski definition) is 6. The van der Waals surface area contributed by atoms with Gasteiger partial charge in [0.15, 0.2) is 0 Å². The van der Waals surface area contributed by atoms with Gasteiger partial charge in [0.1, 0.15) is 11.5 Å². The lowest BCUT2D eigenvalue weighted by Crippen LogP contribution is -2.27. The first-order valence-electron chi connectivity index (χ1n) is 8.62. The molecule has 0 saturated carbocycles. The van der Waals surface area contributed by atoms with Gasteiger partial charge in [-0.3, -0.25) is 19.7 Å². The van der Waals surface area contributed by atoms with Gasteiger partial charge in [0.25, 0.3) is 16.8 Å². The number of nitro groups is 1. The summed E-state index contributed by atoms with van der Waals surface area (Å²) in [4.78, 5) is 36.8. The monoisotopic (exact) mass is 406 g/mol. The van der Waals surface area contributed by atoms with Gasteiger partial charge in [-0.15, -0.1) is 0 Å². The van der Waals surface area contributed by atoms with E-state index in [0.29, 0.717) is 28.3 Å². The summed E-state index contributed by atoms with van der Waals surface area (Å²) >= 11 is 0.848. The van der Waals surface area contributed by atoms with E-state index in [0.717, 1.165) is 16.7 Å². The number of carbonyl (C=O) groups is 2. The van der Waals surface area contributed by atoms with Gasteiger partial charge >= 0.3 is 0 Å². The molecule has 2 amide bonds. The summed E-state index contributed by atoms with van der Waals surface area (Å²) < 4.78 is 5.77. The number of para-hydroxylation sites is 1.